The predicted octanol–water partition coefficient (Wildman–Crippen LogP) is 2.95. The lowest BCUT2D eigenvalue weighted by Gasteiger charge is -2.24. The molecule has 1 amide bonds. The van der Waals surface area contributed by atoms with E-state index in [0.717, 1.165) is 16.7 Å². The Balaban J connectivity index is 2.06. The van der Waals surface area contributed by atoms with Gasteiger partial charge in [-0.2, -0.15) is 0 Å². The van der Waals surface area contributed by atoms with Gasteiger partial charge in [-0.25, -0.2) is 0 Å². The molecule has 5 heteroatoms. The predicted molar refractivity (Wildman–Crippen MR) is 98.4 cm³/mol. The number of carbonyl (C=O) groups is 1. The largest absolute Gasteiger partial charge is 0.450 e. The fraction of sp³-hybridized carbons (Fsp3) is 0.238. The third-order valence-electron chi connectivity index (χ3n) is 4.87. The van der Waals surface area contributed by atoms with E-state index in [1.165, 1.54) is 4.90 Å². The van der Waals surface area contributed by atoms with E-state index in [9.17, 15) is 14.7 Å². The Morgan fingerprint density at radius 1 is 1.12 bits per heavy atom. The summed E-state index contributed by atoms with van der Waals surface area (Å²) in [5.41, 5.74) is 3.23. The second-order valence-electron chi connectivity index (χ2n) is 6.66. The molecule has 1 atom stereocenters. The molecule has 1 unspecified atom stereocenters. The molecule has 1 aliphatic heterocycles. The molecule has 0 aliphatic carbocycles. The van der Waals surface area contributed by atoms with Crippen molar-refractivity contribution in [3.05, 3.63) is 80.7 Å². The number of benzene rings is 2. The summed E-state index contributed by atoms with van der Waals surface area (Å²) in [6.07, 6.45) is 0. The van der Waals surface area contributed by atoms with Crippen molar-refractivity contribution in [3.63, 3.8) is 0 Å². The van der Waals surface area contributed by atoms with Crippen LogP contribution < -0.4 is 5.43 Å². The van der Waals surface area contributed by atoms with Gasteiger partial charge in [-0.15, -0.1) is 0 Å². The Labute approximate surface area is 150 Å². The van der Waals surface area contributed by atoms with Crippen LogP contribution in [0.5, 0.6) is 0 Å². The van der Waals surface area contributed by atoms with E-state index in [0.29, 0.717) is 16.5 Å². The van der Waals surface area contributed by atoms with E-state index < -0.39 is 6.04 Å². The fourth-order valence-corrected chi connectivity index (χ4v) is 3.83. The highest BCUT2D eigenvalue weighted by Crippen LogP contribution is 2.38. The number of β-amino-alcohol motifs (C(OH)–C–C–N with tert-alkyl or cyclic N) is 1. The SMILES string of the molecule is Cc1cc(C)c2c(=O)c3c(oc2c1)C(=O)N(CCO)C3c1ccccc1. The minimum atomic E-state index is -0.549. The topological polar surface area (TPSA) is 70.8 Å². The van der Waals surface area contributed by atoms with Crippen molar-refractivity contribution in [1.29, 1.82) is 0 Å². The lowest BCUT2D eigenvalue weighted by Crippen LogP contribution is -2.32. The van der Waals surface area contributed by atoms with Crippen LogP contribution in [-0.4, -0.2) is 29.1 Å². The van der Waals surface area contributed by atoms with Gasteiger partial charge in [0.2, 0.25) is 5.76 Å². The van der Waals surface area contributed by atoms with Gasteiger partial charge in [-0.05, 0) is 36.6 Å². The number of amides is 1. The molecule has 1 N–H and O–H groups in total. The molecule has 0 saturated heterocycles. The van der Waals surface area contributed by atoms with E-state index in [2.05, 4.69) is 0 Å². The van der Waals surface area contributed by atoms with Crippen molar-refractivity contribution in [3.8, 4) is 0 Å². The van der Waals surface area contributed by atoms with Crippen LogP contribution in [0, 0.1) is 13.8 Å². The van der Waals surface area contributed by atoms with Gasteiger partial charge >= 0.3 is 0 Å². The van der Waals surface area contributed by atoms with E-state index in [1.807, 2.05) is 50.2 Å². The van der Waals surface area contributed by atoms with Crippen molar-refractivity contribution in [2.75, 3.05) is 13.2 Å². The van der Waals surface area contributed by atoms with Crippen molar-refractivity contribution in [1.82, 2.24) is 4.90 Å². The zero-order valence-electron chi connectivity index (χ0n) is 14.7. The van der Waals surface area contributed by atoms with Gasteiger partial charge in [-0.3, -0.25) is 9.59 Å². The van der Waals surface area contributed by atoms with Crippen LogP contribution in [0.4, 0.5) is 0 Å². The first-order chi connectivity index (χ1) is 12.5. The minimum Gasteiger partial charge on any atom is -0.450 e. The van der Waals surface area contributed by atoms with Crippen LogP contribution in [0.25, 0.3) is 11.0 Å². The molecule has 1 aliphatic rings. The Kier molecular flexibility index (Phi) is 3.89. The standard InChI is InChI=1S/C21H19NO4/c1-12-10-13(2)16-15(11-12)26-20-17(19(16)24)18(14-6-4-3-5-7-14)22(8-9-23)21(20)25/h3-7,10-11,18,23H,8-9H2,1-2H3. The molecule has 0 saturated carbocycles. The zero-order chi connectivity index (χ0) is 18.4. The van der Waals surface area contributed by atoms with E-state index in [-0.39, 0.29) is 30.2 Å². The van der Waals surface area contributed by atoms with Crippen LogP contribution in [0.3, 0.4) is 0 Å². The molecule has 1 aromatic heterocycles. The lowest BCUT2D eigenvalue weighted by molar-refractivity contribution is 0.0691. The molecule has 2 aromatic carbocycles. The summed E-state index contributed by atoms with van der Waals surface area (Å²) >= 11 is 0. The van der Waals surface area contributed by atoms with Crippen molar-refractivity contribution < 1.29 is 14.3 Å². The normalized spacial score (nSPS) is 16.3. The van der Waals surface area contributed by atoms with Gasteiger partial charge in [0.25, 0.3) is 5.91 Å². The molecule has 2 heterocycles. The molecule has 0 bridgehead atoms. The highest BCUT2D eigenvalue weighted by molar-refractivity contribution is 5.99. The van der Waals surface area contributed by atoms with Gasteiger partial charge in [0, 0.05) is 6.54 Å². The number of fused-ring (bicyclic) bond motifs is 2. The maximum absolute atomic E-state index is 13.3. The third kappa shape index (κ3) is 2.35. The molecule has 26 heavy (non-hydrogen) atoms. The summed E-state index contributed by atoms with van der Waals surface area (Å²) in [7, 11) is 0. The average Bonchev–Trinajstić information content (AvgIpc) is 2.88. The zero-order valence-corrected chi connectivity index (χ0v) is 14.7. The smallest absolute Gasteiger partial charge is 0.290 e. The molecule has 4 rings (SSSR count). The van der Waals surface area contributed by atoms with Crippen LogP contribution >= 0.6 is 0 Å². The maximum atomic E-state index is 13.3. The summed E-state index contributed by atoms with van der Waals surface area (Å²) in [4.78, 5) is 27.8. The maximum Gasteiger partial charge on any atom is 0.290 e. The molecule has 0 radical (unpaired) electrons. The van der Waals surface area contributed by atoms with Gasteiger partial charge in [-0.1, -0.05) is 36.4 Å². The van der Waals surface area contributed by atoms with Crippen molar-refractivity contribution in [2.24, 2.45) is 0 Å². The van der Waals surface area contributed by atoms with Crippen LogP contribution in [0.15, 0.2) is 51.7 Å². The Bertz CT molecular complexity index is 1070. The number of nitrogens with zero attached hydrogens (tertiary/aromatic N) is 1. The van der Waals surface area contributed by atoms with E-state index >= 15 is 0 Å². The number of hydrogen-bond donors (Lipinski definition) is 1. The van der Waals surface area contributed by atoms with Crippen LogP contribution in [0.2, 0.25) is 0 Å². The van der Waals surface area contributed by atoms with Gasteiger partial charge < -0.3 is 14.4 Å². The summed E-state index contributed by atoms with van der Waals surface area (Å²) in [5.74, 6) is -0.282. The fourth-order valence-electron chi connectivity index (χ4n) is 3.83. The second kappa shape index (κ2) is 6.11. The minimum absolute atomic E-state index is 0.0785. The van der Waals surface area contributed by atoms with E-state index in [1.54, 1.807) is 6.07 Å². The Morgan fingerprint density at radius 3 is 2.54 bits per heavy atom. The molecule has 5 nitrogen and oxygen atoms in total. The summed E-state index contributed by atoms with van der Waals surface area (Å²) in [6.45, 7) is 3.75. The highest BCUT2D eigenvalue weighted by Gasteiger charge is 2.42. The van der Waals surface area contributed by atoms with Crippen molar-refractivity contribution >= 4 is 16.9 Å². The summed E-state index contributed by atoms with van der Waals surface area (Å²) in [5, 5.41) is 9.93. The molecule has 0 fully saturated rings. The molecule has 0 spiro atoms. The Hall–Kier alpha value is -2.92. The molecule has 3 aromatic rings. The summed E-state index contributed by atoms with van der Waals surface area (Å²) in [6, 6.07) is 12.5. The number of aliphatic hydroxyl groups is 1. The van der Waals surface area contributed by atoms with Gasteiger partial charge in [0.15, 0.2) is 5.43 Å². The number of aryl methyl sites for hydroxylation is 2. The first kappa shape index (κ1) is 16.5. The van der Waals surface area contributed by atoms with Gasteiger partial charge in [0.1, 0.15) is 5.58 Å². The van der Waals surface area contributed by atoms with Crippen LogP contribution in [0.1, 0.15) is 38.9 Å². The van der Waals surface area contributed by atoms with Gasteiger partial charge in [0.05, 0.1) is 23.6 Å². The Morgan fingerprint density at radius 2 is 1.85 bits per heavy atom. The quantitative estimate of drug-likeness (QED) is 0.789. The first-order valence-corrected chi connectivity index (χ1v) is 8.57. The van der Waals surface area contributed by atoms with Crippen LogP contribution in [-0.2, 0) is 0 Å². The average molecular weight is 349 g/mol. The molecular weight excluding hydrogens is 330 g/mol. The monoisotopic (exact) mass is 349 g/mol. The highest BCUT2D eigenvalue weighted by atomic mass is 16.3. The number of hydrogen-bond acceptors (Lipinski definition) is 4. The lowest BCUT2D eigenvalue weighted by atomic mass is 9.97. The first-order valence-electron chi connectivity index (χ1n) is 8.57. The molecule has 132 valence electrons. The van der Waals surface area contributed by atoms with Crippen molar-refractivity contribution in [2.45, 2.75) is 19.9 Å². The molecular formula is C21H19NO4. The van der Waals surface area contributed by atoms with E-state index in [4.69, 9.17) is 4.42 Å². The summed E-state index contributed by atoms with van der Waals surface area (Å²) < 4.78 is 5.91. The number of rotatable bonds is 3. The third-order valence-corrected chi connectivity index (χ3v) is 4.87. The second-order valence-corrected chi connectivity index (χ2v) is 6.66. The number of carbonyl (C=O) groups excluding carboxylic acids is 1. The number of aliphatic hydroxyl groups excluding tert-OH is 1.